The lowest BCUT2D eigenvalue weighted by Crippen LogP contribution is -2.34. The Morgan fingerprint density at radius 1 is 1.58 bits per heavy atom. The van der Waals surface area contributed by atoms with Gasteiger partial charge in [0.2, 0.25) is 0 Å². The van der Waals surface area contributed by atoms with E-state index in [9.17, 15) is 5.11 Å². The zero-order chi connectivity index (χ0) is 14.0. The Morgan fingerprint density at radius 3 is 2.84 bits per heavy atom. The second-order valence-corrected chi connectivity index (χ2v) is 7.40. The summed E-state index contributed by atoms with van der Waals surface area (Å²) in [5.74, 6) is 0. The first kappa shape index (κ1) is 14.7. The van der Waals surface area contributed by atoms with Crippen molar-refractivity contribution in [2.24, 2.45) is 7.05 Å². The van der Waals surface area contributed by atoms with E-state index in [2.05, 4.69) is 39.3 Å². The summed E-state index contributed by atoms with van der Waals surface area (Å²) in [5.41, 5.74) is 1.17. The van der Waals surface area contributed by atoms with E-state index in [4.69, 9.17) is 0 Å². The summed E-state index contributed by atoms with van der Waals surface area (Å²) in [5, 5.41) is 17.8. The van der Waals surface area contributed by atoms with Crippen LogP contribution in [0.4, 0.5) is 0 Å². The summed E-state index contributed by atoms with van der Waals surface area (Å²) < 4.78 is 2.87. The third kappa shape index (κ3) is 3.66. The second kappa shape index (κ2) is 5.75. The van der Waals surface area contributed by atoms with Crippen LogP contribution in [0.25, 0.3) is 0 Å². The van der Waals surface area contributed by atoms with Crippen LogP contribution in [0.5, 0.6) is 0 Å². The van der Waals surface area contributed by atoms with Gasteiger partial charge in [-0.05, 0) is 41.4 Å². The lowest BCUT2D eigenvalue weighted by atomic mass is 10.00. The molecule has 0 bridgehead atoms. The summed E-state index contributed by atoms with van der Waals surface area (Å²) in [4.78, 5) is 1.26. The molecule has 6 heteroatoms. The molecular weight excluding hydrogens is 326 g/mol. The number of hydrogen-bond acceptors (Lipinski definition) is 4. The van der Waals surface area contributed by atoms with Crippen LogP contribution in [0.1, 0.15) is 22.9 Å². The Morgan fingerprint density at radius 2 is 2.32 bits per heavy atom. The first-order valence-electron chi connectivity index (χ1n) is 6.05. The molecule has 2 aromatic rings. The largest absolute Gasteiger partial charge is 0.384 e. The van der Waals surface area contributed by atoms with Crippen molar-refractivity contribution in [1.82, 2.24) is 15.1 Å². The van der Waals surface area contributed by atoms with Gasteiger partial charge in [-0.1, -0.05) is 0 Å². The van der Waals surface area contributed by atoms with Crippen molar-refractivity contribution in [3.63, 3.8) is 0 Å². The number of halogens is 1. The van der Waals surface area contributed by atoms with Crippen LogP contribution in [0.2, 0.25) is 0 Å². The molecule has 1 unspecified atom stereocenters. The molecule has 2 heterocycles. The number of aryl methyl sites for hydroxylation is 2. The van der Waals surface area contributed by atoms with Crippen LogP contribution in [0.15, 0.2) is 22.2 Å². The molecule has 1 atom stereocenters. The van der Waals surface area contributed by atoms with Gasteiger partial charge in [0.1, 0.15) is 5.60 Å². The molecule has 104 valence electrons. The van der Waals surface area contributed by atoms with Gasteiger partial charge >= 0.3 is 0 Å². The van der Waals surface area contributed by atoms with Crippen molar-refractivity contribution in [2.45, 2.75) is 26.0 Å². The molecule has 0 radical (unpaired) electrons. The fourth-order valence-electron chi connectivity index (χ4n) is 1.84. The molecule has 2 rings (SSSR count). The maximum absolute atomic E-state index is 10.4. The molecule has 0 aliphatic carbocycles. The molecule has 2 aromatic heterocycles. The van der Waals surface area contributed by atoms with Gasteiger partial charge in [-0.3, -0.25) is 4.68 Å². The van der Waals surface area contributed by atoms with Gasteiger partial charge in [-0.15, -0.1) is 11.3 Å². The first-order valence-corrected chi connectivity index (χ1v) is 7.66. The number of hydrogen-bond donors (Lipinski definition) is 2. The van der Waals surface area contributed by atoms with Crippen molar-refractivity contribution in [2.75, 3.05) is 6.54 Å². The molecule has 4 nitrogen and oxygen atoms in total. The van der Waals surface area contributed by atoms with Crippen molar-refractivity contribution >= 4 is 27.3 Å². The predicted molar refractivity (Wildman–Crippen MR) is 81.2 cm³/mol. The van der Waals surface area contributed by atoms with E-state index in [0.29, 0.717) is 6.54 Å². The number of nitrogens with zero attached hydrogens (tertiary/aromatic N) is 2. The van der Waals surface area contributed by atoms with Crippen LogP contribution in [0, 0.1) is 6.92 Å². The third-order valence-electron chi connectivity index (χ3n) is 3.00. The van der Waals surface area contributed by atoms with E-state index >= 15 is 0 Å². The zero-order valence-corrected chi connectivity index (χ0v) is 13.7. The van der Waals surface area contributed by atoms with Crippen molar-refractivity contribution in [3.8, 4) is 0 Å². The number of rotatable bonds is 5. The minimum Gasteiger partial charge on any atom is -0.384 e. The Balaban J connectivity index is 1.91. The van der Waals surface area contributed by atoms with Gasteiger partial charge < -0.3 is 10.4 Å². The van der Waals surface area contributed by atoms with Crippen LogP contribution < -0.4 is 5.32 Å². The molecule has 0 fully saturated rings. The molecule has 19 heavy (non-hydrogen) atoms. The smallest absolute Gasteiger partial charge is 0.102 e. The van der Waals surface area contributed by atoms with E-state index in [1.165, 1.54) is 14.2 Å². The van der Waals surface area contributed by atoms with E-state index in [-0.39, 0.29) is 0 Å². The van der Waals surface area contributed by atoms with Crippen LogP contribution in [-0.4, -0.2) is 21.4 Å². The molecule has 2 N–H and O–H groups in total. The third-order valence-corrected chi connectivity index (χ3v) is 5.14. The lowest BCUT2D eigenvalue weighted by Gasteiger charge is -2.22. The van der Waals surface area contributed by atoms with Crippen LogP contribution in [-0.2, 0) is 19.2 Å². The molecule has 0 spiro atoms. The van der Waals surface area contributed by atoms with Gasteiger partial charge in [0.05, 0.1) is 9.98 Å². The summed E-state index contributed by atoms with van der Waals surface area (Å²) in [7, 11) is 1.85. The normalized spacial score (nSPS) is 14.6. The minimum absolute atomic E-state index is 0.493. The molecular formula is C13H18BrN3OS. The Bertz CT molecular complexity index is 542. The standard InChI is InChI=1S/C13H18BrN3OS/c1-9-4-11(19-12(9)14)6-15-8-13(2,18)10-5-16-17(3)7-10/h4-5,7,15,18H,6,8H2,1-3H3. The van der Waals surface area contributed by atoms with Crippen LogP contribution >= 0.6 is 27.3 Å². The Labute approximate surface area is 125 Å². The summed E-state index contributed by atoms with van der Waals surface area (Å²) in [6, 6.07) is 2.15. The second-order valence-electron chi connectivity index (χ2n) is 4.95. The maximum atomic E-state index is 10.4. The monoisotopic (exact) mass is 343 g/mol. The quantitative estimate of drug-likeness (QED) is 0.877. The SMILES string of the molecule is Cc1cc(CNCC(C)(O)c2cnn(C)c2)sc1Br. The average molecular weight is 344 g/mol. The molecule has 0 aliphatic rings. The van der Waals surface area contributed by atoms with E-state index < -0.39 is 5.60 Å². The highest BCUT2D eigenvalue weighted by molar-refractivity contribution is 9.11. The van der Waals surface area contributed by atoms with Gasteiger partial charge in [-0.25, -0.2) is 0 Å². The molecule has 0 amide bonds. The number of aromatic nitrogens is 2. The lowest BCUT2D eigenvalue weighted by molar-refractivity contribution is 0.0566. The summed E-state index contributed by atoms with van der Waals surface area (Å²) in [6.07, 6.45) is 3.54. The van der Waals surface area contributed by atoms with E-state index in [1.54, 1.807) is 29.1 Å². The molecule has 0 saturated heterocycles. The number of nitrogens with one attached hydrogen (secondary N) is 1. The number of thiophene rings is 1. The summed E-state index contributed by atoms with van der Waals surface area (Å²) in [6.45, 7) is 5.13. The highest BCUT2D eigenvalue weighted by Gasteiger charge is 2.24. The van der Waals surface area contributed by atoms with Crippen molar-refractivity contribution in [1.29, 1.82) is 0 Å². The highest BCUT2D eigenvalue weighted by atomic mass is 79.9. The molecule has 0 aliphatic heterocycles. The maximum Gasteiger partial charge on any atom is 0.102 e. The fraction of sp³-hybridized carbons (Fsp3) is 0.462. The van der Waals surface area contributed by atoms with Gasteiger partial charge in [0, 0.05) is 36.8 Å². The number of aliphatic hydroxyl groups is 1. The van der Waals surface area contributed by atoms with E-state index in [0.717, 1.165) is 12.1 Å². The Hall–Kier alpha value is -0.690. The van der Waals surface area contributed by atoms with E-state index in [1.807, 2.05) is 13.2 Å². The minimum atomic E-state index is -0.905. The predicted octanol–water partition coefficient (Wildman–Crippen LogP) is 2.55. The zero-order valence-electron chi connectivity index (χ0n) is 11.3. The molecule has 0 saturated carbocycles. The topological polar surface area (TPSA) is 50.1 Å². The van der Waals surface area contributed by atoms with Gasteiger partial charge in [0.15, 0.2) is 0 Å². The fourth-order valence-corrected chi connectivity index (χ4v) is 3.44. The highest BCUT2D eigenvalue weighted by Crippen LogP contribution is 2.27. The van der Waals surface area contributed by atoms with Crippen LogP contribution in [0.3, 0.4) is 0 Å². The first-order chi connectivity index (χ1) is 8.88. The van der Waals surface area contributed by atoms with Gasteiger partial charge in [0.25, 0.3) is 0 Å². The molecule has 0 aromatic carbocycles. The Kier molecular flexibility index (Phi) is 4.45. The average Bonchev–Trinajstić information content (AvgIpc) is 2.87. The van der Waals surface area contributed by atoms with Gasteiger partial charge in [-0.2, -0.15) is 5.10 Å². The van der Waals surface area contributed by atoms with Crippen molar-refractivity contribution < 1.29 is 5.11 Å². The van der Waals surface area contributed by atoms with Crippen molar-refractivity contribution in [3.05, 3.63) is 38.3 Å². The summed E-state index contributed by atoms with van der Waals surface area (Å²) >= 11 is 5.24.